The first-order valence-corrected chi connectivity index (χ1v) is 8.02. The zero-order chi connectivity index (χ0) is 14.9. The lowest BCUT2D eigenvalue weighted by molar-refractivity contribution is -0.164. The van der Waals surface area contributed by atoms with E-state index in [2.05, 4.69) is 14.5 Å². The molecule has 0 radical (unpaired) electrons. The van der Waals surface area contributed by atoms with Gasteiger partial charge in [0.25, 0.3) is 0 Å². The minimum atomic E-state index is -0.127. The summed E-state index contributed by atoms with van der Waals surface area (Å²) in [7, 11) is 1.44. The van der Waals surface area contributed by atoms with Crippen LogP contribution in [-0.4, -0.2) is 81.7 Å². The van der Waals surface area contributed by atoms with Crippen molar-refractivity contribution in [1.82, 2.24) is 9.80 Å². The lowest BCUT2D eigenvalue weighted by Crippen LogP contribution is -2.47. The van der Waals surface area contributed by atoms with Gasteiger partial charge in [-0.3, -0.25) is 9.69 Å². The number of carbonyl (C=O) groups excluding carboxylic acids is 1. The van der Waals surface area contributed by atoms with Gasteiger partial charge in [-0.25, -0.2) is 0 Å². The van der Waals surface area contributed by atoms with Crippen LogP contribution in [0.1, 0.15) is 25.7 Å². The summed E-state index contributed by atoms with van der Waals surface area (Å²) in [6.07, 6.45) is 3.90. The Hall–Kier alpha value is -0.690. The average molecular weight is 300 g/mol. The lowest BCUT2D eigenvalue weighted by Gasteiger charge is -2.34. The Morgan fingerprint density at radius 3 is 2.48 bits per heavy atom. The maximum Gasteiger partial charge on any atom is 0.306 e. The fraction of sp³-hybridized carbons (Fsp3) is 0.933. The summed E-state index contributed by atoms with van der Waals surface area (Å²) in [4.78, 5) is 15.9. The standard InChI is InChI=1S/C15H28N2O4/c1-19-14(18)5-6-16-7-9-17(10-8-16)11-13-21-15-4-2-3-12-20-15/h15H,2-13H2,1H3. The molecule has 122 valence electrons. The topological polar surface area (TPSA) is 51.2 Å². The van der Waals surface area contributed by atoms with Crippen molar-refractivity contribution < 1.29 is 19.0 Å². The molecule has 2 aliphatic heterocycles. The molecule has 0 amide bonds. The number of piperazine rings is 1. The van der Waals surface area contributed by atoms with Crippen molar-refractivity contribution in [3.05, 3.63) is 0 Å². The summed E-state index contributed by atoms with van der Waals surface area (Å²) in [6, 6.07) is 0. The molecular formula is C15H28N2O4. The van der Waals surface area contributed by atoms with E-state index in [1.165, 1.54) is 13.5 Å². The highest BCUT2D eigenvalue weighted by Gasteiger charge is 2.18. The largest absolute Gasteiger partial charge is 0.469 e. The number of nitrogens with zero attached hydrogens (tertiary/aromatic N) is 2. The van der Waals surface area contributed by atoms with Crippen molar-refractivity contribution in [2.45, 2.75) is 32.0 Å². The predicted molar refractivity (Wildman–Crippen MR) is 79.1 cm³/mol. The van der Waals surface area contributed by atoms with E-state index in [0.29, 0.717) is 6.42 Å². The van der Waals surface area contributed by atoms with Gasteiger partial charge in [0, 0.05) is 45.9 Å². The van der Waals surface area contributed by atoms with Gasteiger partial charge in [0.2, 0.25) is 0 Å². The molecule has 0 aromatic heterocycles. The highest BCUT2D eigenvalue weighted by atomic mass is 16.7. The van der Waals surface area contributed by atoms with E-state index in [-0.39, 0.29) is 12.3 Å². The fourth-order valence-electron chi connectivity index (χ4n) is 2.74. The van der Waals surface area contributed by atoms with Crippen LogP contribution in [-0.2, 0) is 19.0 Å². The second-order valence-electron chi connectivity index (χ2n) is 5.68. The Kier molecular flexibility index (Phi) is 7.43. The number of hydrogen-bond acceptors (Lipinski definition) is 6. The van der Waals surface area contributed by atoms with Gasteiger partial charge in [0.15, 0.2) is 6.29 Å². The molecule has 0 N–H and O–H groups in total. The molecule has 2 saturated heterocycles. The number of methoxy groups -OCH3 is 1. The molecule has 0 bridgehead atoms. The highest BCUT2D eigenvalue weighted by molar-refractivity contribution is 5.69. The fourth-order valence-corrected chi connectivity index (χ4v) is 2.74. The summed E-state index contributed by atoms with van der Waals surface area (Å²) in [5.41, 5.74) is 0. The Labute approximate surface area is 127 Å². The van der Waals surface area contributed by atoms with Crippen LogP contribution in [0.3, 0.4) is 0 Å². The Morgan fingerprint density at radius 1 is 1.14 bits per heavy atom. The highest BCUT2D eigenvalue weighted by Crippen LogP contribution is 2.13. The molecule has 0 spiro atoms. The molecular weight excluding hydrogens is 272 g/mol. The van der Waals surface area contributed by atoms with Crippen LogP contribution in [0.5, 0.6) is 0 Å². The van der Waals surface area contributed by atoms with E-state index in [0.717, 1.165) is 65.3 Å². The molecule has 6 nitrogen and oxygen atoms in total. The van der Waals surface area contributed by atoms with Crippen molar-refractivity contribution >= 4 is 5.97 Å². The van der Waals surface area contributed by atoms with Crippen molar-refractivity contribution in [3.63, 3.8) is 0 Å². The van der Waals surface area contributed by atoms with E-state index in [1.54, 1.807) is 0 Å². The molecule has 21 heavy (non-hydrogen) atoms. The van der Waals surface area contributed by atoms with E-state index in [9.17, 15) is 4.79 Å². The average Bonchev–Trinajstić information content (AvgIpc) is 2.55. The third-order valence-electron chi connectivity index (χ3n) is 4.17. The van der Waals surface area contributed by atoms with E-state index in [1.807, 2.05) is 0 Å². The van der Waals surface area contributed by atoms with Gasteiger partial charge in [-0.2, -0.15) is 0 Å². The minimum Gasteiger partial charge on any atom is -0.469 e. The van der Waals surface area contributed by atoms with Gasteiger partial charge in [-0.1, -0.05) is 0 Å². The van der Waals surface area contributed by atoms with E-state index < -0.39 is 0 Å². The third-order valence-corrected chi connectivity index (χ3v) is 4.17. The first kappa shape index (κ1) is 16.7. The minimum absolute atomic E-state index is 0.0140. The molecule has 1 unspecified atom stereocenters. The number of carbonyl (C=O) groups is 1. The second kappa shape index (κ2) is 9.35. The van der Waals surface area contributed by atoms with Crippen LogP contribution >= 0.6 is 0 Å². The molecule has 2 aliphatic rings. The Morgan fingerprint density at radius 2 is 1.86 bits per heavy atom. The van der Waals surface area contributed by atoms with Gasteiger partial charge in [-0.15, -0.1) is 0 Å². The molecule has 2 fully saturated rings. The maximum absolute atomic E-state index is 11.1. The summed E-state index contributed by atoms with van der Waals surface area (Å²) in [5, 5.41) is 0. The summed E-state index contributed by atoms with van der Waals surface area (Å²) in [6.45, 7) is 7.44. The molecule has 6 heteroatoms. The van der Waals surface area contributed by atoms with Crippen LogP contribution in [0, 0.1) is 0 Å². The zero-order valence-corrected chi connectivity index (χ0v) is 13.1. The Balaban J connectivity index is 1.51. The van der Waals surface area contributed by atoms with Gasteiger partial charge in [0.05, 0.1) is 20.1 Å². The Bertz CT molecular complexity index is 300. The molecule has 0 saturated carbocycles. The smallest absolute Gasteiger partial charge is 0.306 e. The predicted octanol–water partition coefficient (Wildman–Crippen LogP) is 0.710. The monoisotopic (exact) mass is 300 g/mol. The van der Waals surface area contributed by atoms with Crippen molar-refractivity contribution in [1.29, 1.82) is 0 Å². The first-order chi connectivity index (χ1) is 10.3. The van der Waals surface area contributed by atoms with Crippen molar-refractivity contribution in [3.8, 4) is 0 Å². The van der Waals surface area contributed by atoms with Crippen LogP contribution in [0.25, 0.3) is 0 Å². The number of ether oxygens (including phenoxy) is 3. The van der Waals surface area contributed by atoms with E-state index >= 15 is 0 Å². The van der Waals surface area contributed by atoms with Crippen LogP contribution < -0.4 is 0 Å². The number of rotatable bonds is 7. The summed E-state index contributed by atoms with van der Waals surface area (Å²) >= 11 is 0. The first-order valence-electron chi connectivity index (χ1n) is 8.02. The third kappa shape index (κ3) is 6.30. The number of hydrogen-bond donors (Lipinski definition) is 0. The number of esters is 1. The normalized spacial score (nSPS) is 24.9. The zero-order valence-electron chi connectivity index (χ0n) is 13.1. The van der Waals surface area contributed by atoms with Gasteiger partial charge < -0.3 is 19.1 Å². The molecule has 1 atom stereocenters. The summed E-state index contributed by atoms with van der Waals surface area (Å²) in [5.74, 6) is -0.127. The molecule has 2 heterocycles. The van der Waals surface area contributed by atoms with Gasteiger partial charge in [0.1, 0.15) is 0 Å². The van der Waals surface area contributed by atoms with Gasteiger partial charge in [-0.05, 0) is 19.3 Å². The van der Waals surface area contributed by atoms with Crippen LogP contribution in [0.4, 0.5) is 0 Å². The molecule has 0 aliphatic carbocycles. The molecule has 0 aromatic carbocycles. The van der Waals surface area contributed by atoms with E-state index in [4.69, 9.17) is 9.47 Å². The maximum atomic E-state index is 11.1. The van der Waals surface area contributed by atoms with Crippen LogP contribution in [0.15, 0.2) is 0 Å². The van der Waals surface area contributed by atoms with Crippen LogP contribution in [0.2, 0.25) is 0 Å². The molecule has 0 aromatic rings. The van der Waals surface area contributed by atoms with Gasteiger partial charge >= 0.3 is 5.97 Å². The van der Waals surface area contributed by atoms with Crippen molar-refractivity contribution in [2.24, 2.45) is 0 Å². The SMILES string of the molecule is COC(=O)CCN1CCN(CCOC2CCCCO2)CC1. The molecule has 2 rings (SSSR count). The summed E-state index contributed by atoms with van der Waals surface area (Å²) < 4.78 is 16.0. The van der Waals surface area contributed by atoms with Crippen molar-refractivity contribution in [2.75, 3.05) is 59.6 Å². The second-order valence-corrected chi connectivity index (χ2v) is 5.68. The quantitative estimate of drug-likeness (QED) is 0.646. The lowest BCUT2D eigenvalue weighted by atomic mass is 10.2.